The molecular weight excluding hydrogens is 412 g/mol. The van der Waals surface area contributed by atoms with E-state index >= 15 is 0 Å². The summed E-state index contributed by atoms with van der Waals surface area (Å²) in [7, 11) is -3.58. The zero-order valence-corrected chi connectivity index (χ0v) is 18.0. The fourth-order valence-electron chi connectivity index (χ4n) is 2.59. The first-order valence-electron chi connectivity index (χ1n) is 8.96. The number of rotatable bonds is 8. The zero-order valence-electron chi connectivity index (χ0n) is 16.4. The Morgan fingerprint density at radius 2 is 1.72 bits per heavy atom. The maximum atomic E-state index is 12.7. The second-order valence-electron chi connectivity index (χ2n) is 6.15. The number of sulfonamides is 1. The third kappa shape index (κ3) is 5.66. The molecule has 10 heteroatoms. The maximum Gasteiger partial charge on any atom is 0.335 e. The van der Waals surface area contributed by atoms with Gasteiger partial charge in [-0.15, -0.1) is 0 Å². The highest BCUT2D eigenvalue weighted by Gasteiger charge is 2.22. The van der Waals surface area contributed by atoms with E-state index < -0.39 is 16.0 Å². The minimum atomic E-state index is -3.58. The van der Waals surface area contributed by atoms with E-state index in [1.807, 2.05) is 6.92 Å². The predicted octanol–water partition coefficient (Wildman–Crippen LogP) is 3.04. The Balaban J connectivity index is 2.09. The van der Waals surface area contributed by atoms with Crippen molar-refractivity contribution in [1.29, 1.82) is 0 Å². The van der Waals surface area contributed by atoms with Crippen LogP contribution in [0, 0.1) is 6.92 Å². The minimum Gasteiger partial charge on any atom is -0.478 e. The second kappa shape index (κ2) is 9.68. The number of aryl methyl sites for hydroxylation is 1. The van der Waals surface area contributed by atoms with E-state index in [4.69, 9.17) is 17.3 Å². The molecular formula is C19H24N4O4S2. The summed E-state index contributed by atoms with van der Waals surface area (Å²) in [5, 5.41) is 12.1. The average Bonchev–Trinajstić information content (AvgIpc) is 2.69. The largest absolute Gasteiger partial charge is 0.478 e. The number of hydrazine groups is 1. The lowest BCUT2D eigenvalue weighted by Gasteiger charge is -2.20. The smallest absolute Gasteiger partial charge is 0.335 e. The monoisotopic (exact) mass is 436 g/mol. The van der Waals surface area contributed by atoms with Gasteiger partial charge in [-0.2, -0.15) is 4.31 Å². The number of benzene rings is 2. The molecule has 0 aliphatic rings. The first-order chi connectivity index (χ1) is 13.7. The summed E-state index contributed by atoms with van der Waals surface area (Å²) in [6, 6.07) is 11.0. The van der Waals surface area contributed by atoms with Crippen LogP contribution >= 0.6 is 12.2 Å². The number of anilines is 2. The number of nitrogens with one attached hydrogen (secondary N) is 3. The number of hydrogen-bond donors (Lipinski definition) is 4. The molecule has 2 rings (SSSR count). The Kier molecular flexibility index (Phi) is 7.54. The van der Waals surface area contributed by atoms with Crippen LogP contribution in [0.1, 0.15) is 29.8 Å². The minimum absolute atomic E-state index is 0.179. The van der Waals surface area contributed by atoms with Gasteiger partial charge < -0.3 is 10.4 Å². The summed E-state index contributed by atoms with van der Waals surface area (Å²) in [5.74, 6) is -1.00. The average molecular weight is 437 g/mol. The van der Waals surface area contributed by atoms with Crippen LogP contribution in [0.25, 0.3) is 0 Å². The van der Waals surface area contributed by atoms with Crippen molar-refractivity contribution in [3.8, 4) is 0 Å². The summed E-state index contributed by atoms with van der Waals surface area (Å²) < 4.78 is 26.8. The highest BCUT2D eigenvalue weighted by molar-refractivity contribution is 7.89. The molecule has 0 bridgehead atoms. The van der Waals surface area contributed by atoms with E-state index in [1.54, 1.807) is 44.2 Å². The van der Waals surface area contributed by atoms with Crippen LogP contribution in [-0.2, 0) is 10.0 Å². The van der Waals surface area contributed by atoms with Gasteiger partial charge in [-0.25, -0.2) is 13.2 Å². The van der Waals surface area contributed by atoms with Crippen LogP contribution in [0.5, 0.6) is 0 Å². The first-order valence-corrected chi connectivity index (χ1v) is 10.8. The molecule has 0 radical (unpaired) electrons. The topological polar surface area (TPSA) is 111 Å². The molecule has 0 aromatic heterocycles. The molecule has 0 aliphatic carbocycles. The van der Waals surface area contributed by atoms with Gasteiger partial charge in [-0.3, -0.25) is 10.9 Å². The van der Waals surface area contributed by atoms with Crippen molar-refractivity contribution in [2.75, 3.05) is 23.8 Å². The molecule has 4 N–H and O–H groups in total. The summed E-state index contributed by atoms with van der Waals surface area (Å²) in [5.41, 5.74) is 7.85. The standard InChI is InChI=1S/C19H24N4O4S2/c1-4-23(5-2)29(26,27)16-11-6-13(3)17(12-16)20-19(28)22-21-15-9-7-14(8-10-15)18(24)25/h6-12,21H,4-5H2,1-3H3,(H,24,25)(H2,20,22,28). The molecule has 29 heavy (non-hydrogen) atoms. The lowest BCUT2D eigenvalue weighted by atomic mass is 10.2. The van der Waals surface area contributed by atoms with Gasteiger partial charge in [0.25, 0.3) is 0 Å². The molecule has 8 nitrogen and oxygen atoms in total. The molecule has 0 amide bonds. The highest BCUT2D eigenvalue weighted by atomic mass is 32.2. The van der Waals surface area contributed by atoms with Crippen LogP contribution in [-0.4, -0.2) is 42.0 Å². The van der Waals surface area contributed by atoms with Gasteiger partial charge in [0.1, 0.15) is 0 Å². The van der Waals surface area contributed by atoms with E-state index in [9.17, 15) is 13.2 Å². The molecule has 0 saturated heterocycles. The fraction of sp³-hybridized carbons (Fsp3) is 0.263. The van der Waals surface area contributed by atoms with Crippen molar-refractivity contribution < 1.29 is 18.3 Å². The molecule has 0 fully saturated rings. The number of carboxylic acid groups (broad SMARTS) is 1. The van der Waals surface area contributed by atoms with Crippen molar-refractivity contribution in [2.45, 2.75) is 25.7 Å². The number of nitrogens with zero attached hydrogens (tertiary/aromatic N) is 1. The molecule has 0 unspecified atom stereocenters. The summed E-state index contributed by atoms with van der Waals surface area (Å²) >= 11 is 5.26. The van der Waals surface area contributed by atoms with Crippen molar-refractivity contribution in [3.05, 3.63) is 53.6 Å². The van der Waals surface area contributed by atoms with Gasteiger partial charge in [0, 0.05) is 18.8 Å². The Morgan fingerprint density at radius 1 is 1.10 bits per heavy atom. The number of aromatic carboxylic acids is 1. The van der Waals surface area contributed by atoms with Crippen LogP contribution in [0.3, 0.4) is 0 Å². The van der Waals surface area contributed by atoms with Crippen LogP contribution in [0.2, 0.25) is 0 Å². The van der Waals surface area contributed by atoms with Crippen molar-refractivity contribution in [2.24, 2.45) is 0 Å². The number of carbonyl (C=O) groups is 1. The third-order valence-corrected chi connectivity index (χ3v) is 6.50. The third-order valence-electron chi connectivity index (χ3n) is 4.25. The highest BCUT2D eigenvalue weighted by Crippen LogP contribution is 2.23. The summed E-state index contributed by atoms with van der Waals surface area (Å²) in [6.07, 6.45) is 0. The first kappa shape index (κ1) is 22.6. The van der Waals surface area contributed by atoms with Gasteiger partial charge in [0.2, 0.25) is 10.0 Å². The van der Waals surface area contributed by atoms with Gasteiger partial charge in [0.05, 0.1) is 16.1 Å². The summed E-state index contributed by atoms with van der Waals surface area (Å²) in [4.78, 5) is 11.1. The Bertz CT molecular complexity index is 988. The van der Waals surface area contributed by atoms with Gasteiger partial charge >= 0.3 is 5.97 Å². The Labute approximate surface area is 175 Å². The maximum absolute atomic E-state index is 12.7. The molecule has 0 aliphatic heterocycles. The van der Waals surface area contributed by atoms with Gasteiger partial charge in [0.15, 0.2) is 5.11 Å². The number of carboxylic acids is 1. The molecule has 0 spiro atoms. The SMILES string of the molecule is CCN(CC)S(=O)(=O)c1ccc(C)c(NC(=S)NNc2ccc(C(=O)O)cc2)c1. The normalized spacial score (nSPS) is 11.2. The molecule has 0 heterocycles. The molecule has 2 aromatic carbocycles. The Morgan fingerprint density at radius 3 is 2.28 bits per heavy atom. The zero-order chi connectivity index (χ0) is 21.6. The quantitative estimate of drug-likeness (QED) is 0.369. The van der Waals surface area contributed by atoms with E-state index in [0.29, 0.717) is 24.5 Å². The number of hydrogen-bond acceptors (Lipinski definition) is 5. The van der Waals surface area contributed by atoms with Crippen molar-refractivity contribution in [3.63, 3.8) is 0 Å². The van der Waals surface area contributed by atoms with E-state index in [2.05, 4.69) is 16.2 Å². The lowest BCUT2D eigenvalue weighted by molar-refractivity contribution is 0.0697. The predicted molar refractivity (Wildman–Crippen MR) is 118 cm³/mol. The lowest BCUT2D eigenvalue weighted by Crippen LogP contribution is -2.34. The van der Waals surface area contributed by atoms with Crippen LogP contribution in [0.4, 0.5) is 11.4 Å². The molecule has 0 saturated carbocycles. The Hall–Kier alpha value is -2.69. The fourth-order valence-corrected chi connectivity index (χ4v) is 4.23. The van der Waals surface area contributed by atoms with E-state index in [0.717, 1.165) is 5.56 Å². The van der Waals surface area contributed by atoms with Crippen molar-refractivity contribution in [1.82, 2.24) is 9.73 Å². The molecule has 156 valence electrons. The summed E-state index contributed by atoms with van der Waals surface area (Å²) in [6.45, 7) is 6.21. The molecule has 2 aromatic rings. The van der Waals surface area contributed by atoms with E-state index in [1.165, 1.54) is 16.4 Å². The van der Waals surface area contributed by atoms with Crippen molar-refractivity contribution >= 4 is 44.7 Å². The van der Waals surface area contributed by atoms with Gasteiger partial charge in [-0.1, -0.05) is 19.9 Å². The number of thiocarbonyl (C=S) groups is 1. The second-order valence-corrected chi connectivity index (χ2v) is 8.50. The van der Waals surface area contributed by atoms with Gasteiger partial charge in [-0.05, 0) is 61.1 Å². The van der Waals surface area contributed by atoms with Crippen LogP contribution in [0.15, 0.2) is 47.4 Å². The van der Waals surface area contributed by atoms with Crippen LogP contribution < -0.4 is 16.2 Å². The molecule has 0 atom stereocenters. The van der Waals surface area contributed by atoms with E-state index in [-0.39, 0.29) is 15.6 Å².